The molecule has 1 heterocycles. The van der Waals surface area contributed by atoms with E-state index in [-0.39, 0.29) is 11.3 Å². The second-order valence-corrected chi connectivity index (χ2v) is 9.51. The van der Waals surface area contributed by atoms with Gasteiger partial charge in [-0.05, 0) is 24.5 Å². The highest BCUT2D eigenvalue weighted by Gasteiger charge is 2.59. The summed E-state index contributed by atoms with van der Waals surface area (Å²) in [5.41, 5.74) is -4.94. The molecule has 1 aromatic heterocycles. The van der Waals surface area contributed by atoms with Gasteiger partial charge in [-0.15, -0.1) is 0 Å². The highest BCUT2D eigenvalue weighted by molar-refractivity contribution is 7.92. The Hall–Kier alpha value is -2.28. The van der Waals surface area contributed by atoms with Crippen LogP contribution in [0.4, 0.5) is 36.4 Å². The van der Waals surface area contributed by atoms with Crippen LogP contribution in [-0.4, -0.2) is 38.1 Å². The number of fused-ring (bicyclic) bond motifs is 1. The Labute approximate surface area is 182 Å². The highest BCUT2D eigenvalue weighted by atomic mass is 32.2. The molecule has 1 aromatic carbocycles. The minimum absolute atomic E-state index is 0.110. The van der Waals surface area contributed by atoms with Crippen molar-refractivity contribution in [2.45, 2.75) is 54.2 Å². The monoisotopic (exact) mass is 489 g/mol. The SMILES string of the molecule is [2H]C([2H])([2H])O[C@@]1(C(F)(F)F)CCc2c(S(=O)(=O)Nc3cc(F)c(C4CC4(F)F)cc3F)c[nH]c2C1. The molecule has 0 saturated heterocycles. The largest absolute Gasteiger partial charge is 0.417 e. The molecular formula is C19H17F7N2O3S. The quantitative estimate of drug-likeness (QED) is 0.601. The summed E-state index contributed by atoms with van der Waals surface area (Å²) in [6.07, 6.45) is -7.42. The number of ether oxygens (including phenoxy) is 1. The van der Waals surface area contributed by atoms with Gasteiger partial charge in [0.1, 0.15) is 16.5 Å². The van der Waals surface area contributed by atoms with Crippen molar-refractivity contribution in [3.63, 3.8) is 0 Å². The molecule has 1 unspecified atom stereocenters. The summed E-state index contributed by atoms with van der Waals surface area (Å²) in [5, 5.41) is 0. The van der Waals surface area contributed by atoms with Crippen LogP contribution in [0.5, 0.6) is 0 Å². The number of hydrogen-bond donors (Lipinski definition) is 2. The van der Waals surface area contributed by atoms with E-state index in [9.17, 15) is 39.2 Å². The van der Waals surface area contributed by atoms with Crippen LogP contribution in [0.1, 0.15) is 39.7 Å². The van der Waals surface area contributed by atoms with E-state index >= 15 is 0 Å². The molecule has 0 radical (unpaired) electrons. The number of hydrogen-bond acceptors (Lipinski definition) is 3. The van der Waals surface area contributed by atoms with Gasteiger partial charge in [0.05, 0.1) is 15.7 Å². The first kappa shape index (κ1) is 19.2. The van der Waals surface area contributed by atoms with E-state index in [1.54, 1.807) is 4.72 Å². The van der Waals surface area contributed by atoms with Crippen LogP contribution < -0.4 is 4.72 Å². The van der Waals surface area contributed by atoms with E-state index in [1.807, 2.05) is 0 Å². The number of rotatable bonds is 5. The van der Waals surface area contributed by atoms with Gasteiger partial charge >= 0.3 is 6.18 Å². The fourth-order valence-electron chi connectivity index (χ4n) is 3.89. The topological polar surface area (TPSA) is 71.2 Å². The van der Waals surface area contributed by atoms with Crippen LogP contribution in [0.3, 0.4) is 0 Å². The molecule has 2 atom stereocenters. The van der Waals surface area contributed by atoms with E-state index in [2.05, 4.69) is 9.72 Å². The van der Waals surface area contributed by atoms with Crippen molar-refractivity contribution in [3.8, 4) is 0 Å². The number of halogens is 7. The molecule has 0 amide bonds. The summed E-state index contributed by atoms with van der Waals surface area (Å²) >= 11 is 0. The van der Waals surface area contributed by atoms with E-state index in [0.29, 0.717) is 12.1 Å². The van der Waals surface area contributed by atoms with Gasteiger partial charge in [-0.2, -0.15) is 13.2 Å². The maximum Gasteiger partial charge on any atom is 0.417 e. The molecule has 2 aromatic rings. The average molecular weight is 489 g/mol. The normalized spacial score (nSPS) is 26.6. The van der Waals surface area contributed by atoms with Crippen molar-refractivity contribution in [1.82, 2.24) is 4.98 Å². The fourth-order valence-corrected chi connectivity index (χ4v) is 5.21. The van der Waals surface area contributed by atoms with Gasteiger partial charge < -0.3 is 9.72 Å². The van der Waals surface area contributed by atoms with Gasteiger partial charge in [0.2, 0.25) is 0 Å². The molecule has 13 heteroatoms. The third-order valence-corrected chi connectivity index (χ3v) is 7.25. The van der Waals surface area contributed by atoms with E-state index in [0.717, 1.165) is 6.20 Å². The summed E-state index contributed by atoms with van der Waals surface area (Å²) in [7, 11) is -8.05. The third kappa shape index (κ3) is 3.64. The molecule has 2 N–H and O–H groups in total. The first-order chi connectivity index (χ1) is 15.9. The van der Waals surface area contributed by atoms with E-state index in [1.165, 1.54) is 0 Å². The molecule has 0 bridgehead atoms. The second-order valence-electron chi connectivity index (χ2n) is 7.86. The number of nitrogens with one attached hydrogen (secondary N) is 2. The van der Waals surface area contributed by atoms with Crippen LogP contribution in [0.2, 0.25) is 0 Å². The predicted molar refractivity (Wildman–Crippen MR) is 98.1 cm³/mol. The Bertz CT molecular complexity index is 1280. The first-order valence-electron chi connectivity index (χ1n) is 10.7. The van der Waals surface area contributed by atoms with Crippen molar-refractivity contribution in [2.24, 2.45) is 0 Å². The first-order valence-corrected chi connectivity index (χ1v) is 10.7. The summed E-state index contributed by atoms with van der Waals surface area (Å²) < 4.78 is 149. The van der Waals surface area contributed by atoms with Crippen LogP contribution in [0.25, 0.3) is 0 Å². The summed E-state index contributed by atoms with van der Waals surface area (Å²) in [4.78, 5) is 1.80. The molecule has 176 valence electrons. The molecule has 2 aliphatic rings. The third-order valence-electron chi connectivity index (χ3n) is 5.81. The van der Waals surface area contributed by atoms with Gasteiger partial charge in [-0.3, -0.25) is 4.72 Å². The number of anilines is 1. The van der Waals surface area contributed by atoms with Gasteiger partial charge in [0, 0.05) is 43.4 Å². The lowest BCUT2D eigenvalue weighted by molar-refractivity contribution is -0.273. The summed E-state index contributed by atoms with van der Waals surface area (Å²) in [6.45, 7) is 0. The van der Waals surface area contributed by atoms with Crippen LogP contribution in [0.15, 0.2) is 23.2 Å². The molecular weight excluding hydrogens is 469 g/mol. The van der Waals surface area contributed by atoms with Crippen molar-refractivity contribution < 1.29 is 48.0 Å². The smallest absolute Gasteiger partial charge is 0.368 e. The molecule has 32 heavy (non-hydrogen) atoms. The van der Waals surface area contributed by atoms with Crippen LogP contribution in [-0.2, 0) is 27.6 Å². The highest BCUT2D eigenvalue weighted by Crippen LogP contribution is 2.56. The second kappa shape index (κ2) is 7.11. The van der Waals surface area contributed by atoms with Crippen molar-refractivity contribution in [1.29, 1.82) is 0 Å². The van der Waals surface area contributed by atoms with E-state index in [4.69, 9.17) is 4.11 Å². The maximum absolute atomic E-state index is 14.4. The number of methoxy groups -OCH3 is 1. The number of aromatic amines is 1. The average Bonchev–Trinajstić information content (AvgIpc) is 3.11. The molecule has 1 fully saturated rings. The molecule has 0 aliphatic heterocycles. The molecule has 1 saturated carbocycles. The van der Waals surface area contributed by atoms with Crippen LogP contribution >= 0.6 is 0 Å². The van der Waals surface area contributed by atoms with Gasteiger partial charge in [0.15, 0.2) is 5.60 Å². The standard InChI is InChI=1S/C19H17F7N2O3S/c1-31-17(19(24,25)26)3-2-9-15(7-17)27-8-16(9)32(29,30)28-14-5-12(20)10(4-13(14)21)11-6-18(11,22)23/h4-5,8,11,27-28H,2-3,6-7H2,1H3/t11?,17-/m0/s1/i1D3. The Morgan fingerprint density at radius 2 is 1.94 bits per heavy atom. The lowest BCUT2D eigenvalue weighted by atomic mass is 9.83. The minimum Gasteiger partial charge on any atom is -0.368 e. The van der Waals surface area contributed by atoms with Gasteiger partial charge in [0.25, 0.3) is 15.9 Å². The van der Waals surface area contributed by atoms with E-state index < -0.39 is 94.1 Å². The lowest BCUT2D eigenvalue weighted by Crippen LogP contribution is -2.51. The minimum atomic E-state index is -5.09. The Balaban J connectivity index is 1.62. The Kier molecular flexibility index (Phi) is 4.27. The summed E-state index contributed by atoms with van der Waals surface area (Å²) in [6, 6.07) is 0.879. The number of sulfonamides is 1. The molecule has 0 spiro atoms. The zero-order valence-corrected chi connectivity index (χ0v) is 16.7. The van der Waals surface area contributed by atoms with Gasteiger partial charge in [-0.1, -0.05) is 0 Å². The van der Waals surface area contributed by atoms with Crippen molar-refractivity contribution in [2.75, 3.05) is 11.8 Å². The lowest BCUT2D eigenvalue weighted by Gasteiger charge is -2.37. The zero-order chi connectivity index (χ0) is 26.2. The van der Waals surface area contributed by atoms with Crippen LogP contribution in [0, 0.1) is 11.6 Å². The Morgan fingerprint density at radius 3 is 2.53 bits per heavy atom. The zero-order valence-electron chi connectivity index (χ0n) is 18.9. The predicted octanol–water partition coefficient (Wildman–Crippen LogP) is 4.65. The number of H-pyrrole nitrogens is 1. The number of alkyl halides is 5. The molecule has 2 aliphatic carbocycles. The number of benzene rings is 1. The Morgan fingerprint density at radius 1 is 1.25 bits per heavy atom. The molecule has 5 nitrogen and oxygen atoms in total. The maximum atomic E-state index is 14.4. The van der Waals surface area contributed by atoms with Gasteiger partial charge in [-0.25, -0.2) is 26.0 Å². The fraction of sp³-hybridized carbons (Fsp3) is 0.474. The molecule has 4 rings (SSSR count). The van der Waals surface area contributed by atoms with Crippen molar-refractivity contribution >= 4 is 15.7 Å². The number of aromatic nitrogens is 1. The van der Waals surface area contributed by atoms with Crippen molar-refractivity contribution in [3.05, 3.63) is 46.8 Å². The summed E-state index contributed by atoms with van der Waals surface area (Å²) in [5.74, 6) is -7.28.